The van der Waals surface area contributed by atoms with Gasteiger partial charge in [0, 0.05) is 38.6 Å². The molecule has 0 saturated carbocycles. The minimum atomic E-state index is -3.26. The van der Waals surface area contributed by atoms with Gasteiger partial charge in [0.05, 0.1) is 24.0 Å². The van der Waals surface area contributed by atoms with Crippen molar-refractivity contribution in [3.05, 3.63) is 35.5 Å². The molecule has 1 fully saturated rings. The molecule has 0 aromatic carbocycles. The Morgan fingerprint density at radius 2 is 2.07 bits per heavy atom. The maximum atomic E-state index is 14.2. The Kier molecular flexibility index (Phi) is 4.61. The SMILES string of the molecule is COC1CN(c2nn(-c3ccnc(C(C)(F)F)n3)c3cc(Cl)ncc23)CC1(F)F. The molecule has 3 aromatic rings. The monoisotopic (exact) mass is 430 g/mol. The maximum Gasteiger partial charge on any atom is 0.303 e. The highest BCUT2D eigenvalue weighted by atomic mass is 35.5. The van der Waals surface area contributed by atoms with Gasteiger partial charge in [-0.05, 0) is 0 Å². The topological polar surface area (TPSA) is 69.0 Å². The number of nitrogens with zero attached hydrogens (tertiary/aromatic N) is 6. The van der Waals surface area contributed by atoms with E-state index < -0.39 is 30.3 Å². The van der Waals surface area contributed by atoms with E-state index in [9.17, 15) is 17.6 Å². The molecular weight excluding hydrogens is 416 g/mol. The first-order chi connectivity index (χ1) is 13.6. The Morgan fingerprint density at radius 1 is 1.31 bits per heavy atom. The number of pyridine rings is 1. The number of rotatable bonds is 4. The third-order valence-electron chi connectivity index (χ3n) is 4.61. The number of aromatic nitrogens is 5. The van der Waals surface area contributed by atoms with Crippen LogP contribution in [0.5, 0.6) is 0 Å². The van der Waals surface area contributed by atoms with Gasteiger partial charge in [0.2, 0.25) is 5.82 Å². The van der Waals surface area contributed by atoms with Crippen LogP contribution >= 0.6 is 11.6 Å². The molecule has 1 aliphatic heterocycles. The van der Waals surface area contributed by atoms with Crippen LogP contribution in [0.4, 0.5) is 23.4 Å². The van der Waals surface area contributed by atoms with Crippen molar-refractivity contribution in [1.29, 1.82) is 0 Å². The average molecular weight is 431 g/mol. The van der Waals surface area contributed by atoms with Crippen LogP contribution in [0.15, 0.2) is 24.5 Å². The van der Waals surface area contributed by atoms with Crippen molar-refractivity contribution in [2.45, 2.75) is 24.9 Å². The molecule has 12 heteroatoms. The molecule has 1 unspecified atom stereocenters. The van der Waals surface area contributed by atoms with E-state index in [0.29, 0.717) is 17.8 Å². The van der Waals surface area contributed by atoms with Crippen molar-refractivity contribution < 1.29 is 22.3 Å². The largest absolute Gasteiger partial charge is 0.373 e. The quantitative estimate of drug-likeness (QED) is 0.466. The second-order valence-electron chi connectivity index (χ2n) is 6.75. The summed E-state index contributed by atoms with van der Waals surface area (Å²) in [5, 5.41) is 4.91. The van der Waals surface area contributed by atoms with Gasteiger partial charge in [0.1, 0.15) is 11.3 Å². The van der Waals surface area contributed by atoms with Crippen LogP contribution in [-0.4, -0.2) is 57.0 Å². The zero-order valence-electron chi connectivity index (χ0n) is 15.3. The van der Waals surface area contributed by atoms with Crippen LogP contribution in [0.2, 0.25) is 5.15 Å². The second-order valence-corrected chi connectivity index (χ2v) is 7.14. The van der Waals surface area contributed by atoms with E-state index in [1.54, 1.807) is 0 Å². The number of alkyl halides is 4. The fraction of sp³-hybridized carbons (Fsp3) is 0.412. The molecule has 7 nitrogen and oxygen atoms in total. The van der Waals surface area contributed by atoms with Crippen LogP contribution < -0.4 is 4.90 Å². The van der Waals surface area contributed by atoms with Gasteiger partial charge in [-0.25, -0.2) is 28.4 Å². The fourth-order valence-electron chi connectivity index (χ4n) is 3.22. The molecule has 0 aliphatic carbocycles. The lowest BCUT2D eigenvalue weighted by atomic mass is 10.2. The zero-order valence-corrected chi connectivity index (χ0v) is 16.0. The Labute approximate surface area is 167 Å². The Hall–Kier alpha value is -2.53. The predicted octanol–water partition coefficient (Wildman–Crippen LogP) is 3.45. The third kappa shape index (κ3) is 3.48. The summed E-state index contributed by atoms with van der Waals surface area (Å²) >= 11 is 5.98. The number of methoxy groups -OCH3 is 1. The third-order valence-corrected chi connectivity index (χ3v) is 4.81. The molecular formula is C17H15ClF4N6O. The Balaban J connectivity index is 1.86. The van der Waals surface area contributed by atoms with Gasteiger partial charge in [-0.3, -0.25) is 0 Å². The van der Waals surface area contributed by atoms with Gasteiger partial charge in [0.15, 0.2) is 11.6 Å². The van der Waals surface area contributed by atoms with Gasteiger partial charge in [0.25, 0.3) is 5.92 Å². The summed E-state index contributed by atoms with van der Waals surface area (Å²) < 4.78 is 61.8. The number of ether oxygens (including phenoxy) is 1. The Morgan fingerprint density at radius 3 is 2.72 bits per heavy atom. The smallest absolute Gasteiger partial charge is 0.303 e. The van der Waals surface area contributed by atoms with Crippen molar-refractivity contribution in [3.63, 3.8) is 0 Å². The van der Waals surface area contributed by atoms with Crippen molar-refractivity contribution in [1.82, 2.24) is 24.7 Å². The molecule has 0 bridgehead atoms. The Bertz CT molecular complexity index is 1070. The van der Waals surface area contributed by atoms with Crippen LogP contribution in [0.3, 0.4) is 0 Å². The molecule has 0 spiro atoms. The molecule has 3 aromatic heterocycles. The first-order valence-electron chi connectivity index (χ1n) is 8.52. The van der Waals surface area contributed by atoms with Gasteiger partial charge in [-0.15, -0.1) is 5.10 Å². The van der Waals surface area contributed by atoms with Gasteiger partial charge >= 0.3 is 5.92 Å². The van der Waals surface area contributed by atoms with E-state index in [-0.39, 0.29) is 23.3 Å². The van der Waals surface area contributed by atoms with Gasteiger partial charge in [-0.1, -0.05) is 11.6 Å². The lowest BCUT2D eigenvalue weighted by molar-refractivity contribution is -0.0889. The minimum Gasteiger partial charge on any atom is -0.373 e. The fourth-order valence-corrected chi connectivity index (χ4v) is 3.37. The number of halogens is 5. The van der Waals surface area contributed by atoms with Crippen LogP contribution in [0, 0.1) is 0 Å². The first kappa shape index (κ1) is 19.8. The molecule has 0 amide bonds. The maximum absolute atomic E-state index is 14.2. The summed E-state index contributed by atoms with van der Waals surface area (Å²) in [6.45, 7) is -0.0284. The molecule has 1 atom stereocenters. The second kappa shape index (κ2) is 6.77. The minimum absolute atomic E-state index is 0.0456. The first-order valence-corrected chi connectivity index (χ1v) is 8.89. The van der Waals surface area contributed by atoms with E-state index in [2.05, 4.69) is 20.1 Å². The van der Waals surface area contributed by atoms with Crippen molar-refractivity contribution in [2.24, 2.45) is 0 Å². The summed E-state index contributed by atoms with van der Waals surface area (Å²) in [6, 6.07) is 2.84. The van der Waals surface area contributed by atoms with Crippen molar-refractivity contribution in [2.75, 3.05) is 25.1 Å². The van der Waals surface area contributed by atoms with Crippen LogP contribution in [0.1, 0.15) is 12.7 Å². The molecule has 4 heterocycles. The van der Waals surface area contributed by atoms with Gasteiger partial charge in [-0.2, -0.15) is 8.78 Å². The number of anilines is 1. The average Bonchev–Trinajstić information content (AvgIpc) is 3.17. The van der Waals surface area contributed by atoms with Crippen molar-refractivity contribution >= 4 is 28.3 Å². The molecule has 1 saturated heterocycles. The number of hydrogen-bond donors (Lipinski definition) is 0. The standard InChI is InChI=1S/C17H15ClF4N6O/c1-16(19,20)15-23-4-3-13(25-15)28-10-5-12(18)24-6-9(10)14(26-28)27-7-11(29-2)17(21,22)8-27/h3-6,11H,7-8H2,1-2H3. The van der Waals surface area contributed by atoms with E-state index in [0.717, 1.165) is 0 Å². The number of fused-ring (bicyclic) bond motifs is 1. The molecule has 29 heavy (non-hydrogen) atoms. The summed E-state index contributed by atoms with van der Waals surface area (Å²) in [6.07, 6.45) is 1.27. The van der Waals surface area contributed by atoms with E-state index in [4.69, 9.17) is 16.3 Å². The lowest BCUT2D eigenvalue weighted by Gasteiger charge is -2.14. The van der Waals surface area contributed by atoms with E-state index in [1.165, 1.54) is 41.2 Å². The van der Waals surface area contributed by atoms with E-state index in [1.807, 2.05) is 0 Å². The zero-order chi connectivity index (χ0) is 21.0. The number of hydrogen-bond acceptors (Lipinski definition) is 6. The molecule has 4 rings (SSSR count). The van der Waals surface area contributed by atoms with E-state index >= 15 is 0 Å². The predicted molar refractivity (Wildman–Crippen MR) is 97.0 cm³/mol. The summed E-state index contributed by atoms with van der Waals surface area (Å²) in [7, 11) is 1.22. The lowest BCUT2D eigenvalue weighted by Crippen LogP contribution is -2.33. The normalized spacial score (nSPS) is 19.3. The highest BCUT2D eigenvalue weighted by molar-refractivity contribution is 6.30. The summed E-state index contributed by atoms with van der Waals surface area (Å²) in [5.74, 6) is -6.77. The van der Waals surface area contributed by atoms with Crippen LogP contribution in [-0.2, 0) is 10.7 Å². The molecule has 0 radical (unpaired) electrons. The van der Waals surface area contributed by atoms with Crippen LogP contribution in [0.25, 0.3) is 16.7 Å². The highest BCUT2D eigenvalue weighted by Gasteiger charge is 2.49. The highest BCUT2D eigenvalue weighted by Crippen LogP contribution is 2.36. The molecule has 1 aliphatic rings. The summed E-state index contributed by atoms with van der Waals surface area (Å²) in [5.41, 5.74) is 0.383. The summed E-state index contributed by atoms with van der Waals surface area (Å²) in [4.78, 5) is 12.8. The van der Waals surface area contributed by atoms with Crippen molar-refractivity contribution in [3.8, 4) is 5.82 Å². The molecule has 154 valence electrons. The van der Waals surface area contributed by atoms with Gasteiger partial charge < -0.3 is 9.64 Å². The molecule has 0 N–H and O–H groups in total.